The Hall–Kier alpha value is -2.60. The average Bonchev–Trinajstić information content (AvgIpc) is 2.78. The highest BCUT2D eigenvalue weighted by atomic mass is 127. The molecule has 0 aliphatic heterocycles. The van der Waals surface area contributed by atoms with Gasteiger partial charge < -0.3 is 9.47 Å². The Morgan fingerprint density at radius 2 is 1.85 bits per heavy atom. The third-order valence-corrected chi connectivity index (χ3v) is 5.73. The second-order valence-electron chi connectivity index (χ2n) is 6.69. The van der Waals surface area contributed by atoms with Crippen LogP contribution in [0.1, 0.15) is 27.0 Å². The number of rotatable bonds is 7. The van der Waals surface area contributed by atoms with Gasteiger partial charge in [-0.3, -0.25) is 4.79 Å². The molecule has 1 N–H and O–H groups in total. The van der Waals surface area contributed by atoms with Gasteiger partial charge >= 0.3 is 6.18 Å². The highest BCUT2D eigenvalue weighted by molar-refractivity contribution is 14.1. The molecule has 3 aromatic rings. The Morgan fingerprint density at radius 3 is 2.52 bits per heavy atom. The zero-order valence-corrected chi connectivity index (χ0v) is 20.9. The lowest BCUT2D eigenvalue weighted by molar-refractivity contribution is -0.137. The van der Waals surface area contributed by atoms with Crippen LogP contribution in [-0.4, -0.2) is 19.2 Å². The molecule has 0 heterocycles. The maximum Gasteiger partial charge on any atom is 0.417 e. The van der Waals surface area contributed by atoms with Crippen LogP contribution in [0, 0.1) is 3.57 Å². The minimum atomic E-state index is -4.65. The topological polar surface area (TPSA) is 59.9 Å². The summed E-state index contributed by atoms with van der Waals surface area (Å²) in [7, 11) is 1.49. The molecule has 1 amide bonds. The van der Waals surface area contributed by atoms with E-state index < -0.39 is 23.2 Å². The molecule has 0 saturated carbocycles. The van der Waals surface area contributed by atoms with Gasteiger partial charge in [-0.25, -0.2) is 5.43 Å². The second-order valence-corrected chi connectivity index (χ2v) is 8.77. The number of hydrazone groups is 1. The van der Waals surface area contributed by atoms with Gasteiger partial charge in [-0.2, -0.15) is 18.3 Å². The molecule has 3 rings (SSSR count). The van der Waals surface area contributed by atoms with Crippen LogP contribution in [0.3, 0.4) is 0 Å². The lowest BCUT2D eigenvalue weighted by Gasteiger charge is -2.14. The second kappa shape index (κ2) is 11.0. The van der Waals surface area contributed by atoms with Crippen LogP contribution in [0.4, 0.5) is 13.2 Å². The van der Waals surface area contributed by atoms with Crippen molar-refractivity contribution in [3.63, 3.8) is 0 Å². The van der Waals surface area contributed by atoms with Gasteiger partial charge in [-0.05, 0) is 70.1 Å². The number of nitrogens with one attached hydrogen (secondary N) is 1. The number of benzene rings is 3. The van der Waals surface area contributed by atoms with E-state index in [-0.39, 0.29) is 0 Å². The minimum absolute atomic E-state index is 0.335. The van der Waals surface area contributed by atoms with Gasteiger partial charge in [0.25, 0.3) is 5.91 Å². The van der Waals surface area contributed by atoms with Crippen molar-refractivity contribution in [2.24, 2.45) is 5.10 Å². The molecule has 10 heteroatoms. The summed E-state index contributed by atoms with van der Waals surface area (Å²) in [6, 6.07) is 15.6. The largest absolute Gasteiger partial charge is 0.493 e. The Morgan fingerprint density at radius 1 is 1.15 bits per heavy atom. The SMILES string of the molecule is COc1cc(/C=N/NC(=O)c2ccccc2C(F)(F)F)cc(I)c1OCc1ccc(Br)cc1. The predicted octanol–water partition coefficient (Wildman–Crippen LogP) is 6.42. The summed E-state index contributed by atoms with van der Waals surface area (Å²) in [5.74, 6) is 0.0332. The summed E-state index contributed by atoms with van der Waals surface area (Å²) in [4.78, 5) is 12.2. The van der Waals surface area contributed by atoms with Crippen molar-refractivity contribution in [3.8, 4) is 11.5 Å². The van der Waals surface area contributed by atoms with Gasteiger partial charge in [-0.1, -0.05) is 40.2 Å². The van der Waals surface area contributed by atoms with Crippen LogP contribution in [0.25, 0.3) is 0 Å². The van der Waals surface area contributed by atoms with Crippen molar-refractivity contribution in [3.05, 3.63) is 91.0 Å². The molecule has 33 heavy (non-hydrogen) atoms. The number of nitrogens with zero attached hydrogens (tertiary/aromatic N) is 1. The number of hydrogen-bond donors (Lipinski definition) is 1. The van der Waals surface area contributed by atoms with Gasteiger partial charge in [0.2, 0.25) is 0 Å². The summed E-state index contributed by atoms with van der Waals surface area (Å²) < 4.78 is 52.3. The number of amides is 1. The van der Waals surface area contributed by atoms with Crippen molar-refractivity contribution in [1.82, 2.24) is 5.43 Å². The first kappa shape index (κ1) is 25.0. The normalized spacial score (nSPS) is 11.5. The van der Waals surface area contributed by atoms with E-state index in [1.165, 1.54) is 25.5 Å². The van der Waals surface area contributed by atoms with Gasteiger partial charge in [0.1, 0.15) is 6.61 Å². The Kier molecular flexibility index (Phi) is 8.35. The first-order chi connectivity index (χ1) is 15.7. The number of carbonyl (C=O) groups is 1. The van der Waals surface area contributed by atoms with Gasteiger partial charge in [0, 0.05) is 4.47 Å². The van der Waals surface area contributed by atoms with Crippen molar-refractivity contribution in [2.75, 3.05) is 7.11 Å². The number of ether oxygens (including phenoxy) is 2. The van der Waals surface area contributed by atoms with Crippen LogP contribution in [0.2, 0.25) is 0 Å². The number of methoxy groups -OCH3 is 1. The van der Waals surface area contributed by atoms with E-state index in [0.717, 1.165) is 25.7 Å². The first-order valence-corrected chi connectivity index (χ1v) is 11.3. The van der Waals surface area contributed by atoms with Crippen LogP contribution in [-0.2, 0) is 12.8 Å². The summed E-state index contributed by atoms with van der Waals surface area (Å²) in [6.45, 7) is 0.335. The third kappa shape index (κ3) is 6.70. The molecule has 0 spiro atoms. The molecule has 0 aliphatic rings. The fraction of sp³-hybridized carbons (Fsp3) is 0.130. The van der Waals surface area contributed by atoms with E-state index in [1.807, 2.05) is 24.3 Å². The molecule has 0 radical (unpaired) electrons. The molecular weight excluding hydrogens is 616 g/mol. The standard InChI is InChI=1S/C23H17BrF3IN2O3/c1-32-20-11-15(10-19(28)21(20)33-13-14-6-8-16(24)9-7-14)12-29-30-22(31)17-4-2-3-5-18(17)23(25,26)27/h2-12H,13H2,1H3,(H,30,31)/b29-12+. The smallest absolute Gasteiger partial charge is 0.417 e. The summed E-state index contributed by atoms with van der Waals surface area (Å²) >= 11 is 5.47. The Bertz CT molecular complexity index is 1170. The van der Waals surface area contributed by atoms with Crippen LogP contribution in [0.5, 0.6) is 11.5 Å². The molecule has 0 bridgehead atoms. The molecule has 172 valence electrons. The average molecular weight is 633 g/mol. The molecule has 0 fully saturated rings. The zero-order valence-electron chi connectivity index (χ0n) is 17.1. The third-order valence-electron chi connectivity index (χ3n) is 4.41. The molecule has 0 saturated heterocycles. The fourth-order valence-electron chi connectivity index (χ4n) is 2.84. The highest BCUT2D eigenvalue weighted by Gasteiger charge is 2.34. The number of hydrogen-bond acceptors (Lipinski definition) is 4. The summed E-state index contributed by atoms with van der Waals surface area (Å²) in [5, 5.41) is 3.79. The first-order valence-electron chi connectivity index (χ1n) is 9.43. The fourth-order valence-corrected chi connectivity index (χ4v) is 3.89. The lowest BCUT2D eigenvalue weighted by Crippen LogP contribution is -2.22. The number of carbonyl (C=O) groups excluding carboxylic acids is 1. The molecule has 5 nitrogen and oxygen atoms in total. The lowest BCUT2D eigenvalue weighted by atomic mass is 10.1. The van der Waals surface area contributed by atoms with E-state index >= 15 is 0 Å². The Labute approximate surface area is 210 Å². The number of halogens is 5. The maximum atomic E-state index is 13.1. The summed E-state index contributed by atoms with van der Waals surface area (Å²) in [6.07, 6.45) is -3.33. The van der Waals surface area contributed by atoms with Crippen LogP contribution in [0.15, 0.2) is 70.2 Å². The van der Waals surface area contributed by atoms with Gasteiger partial charge in [0.15, 0.2) is 11.5 Å². The molecular formula is C23H17BrF3IN2O3. The molecule has 0 atom stereocenters. The van der Waals surface area contributed by atoms with Crippen molar-refractivity contribution >= 4 is 50.6 Å². The van der Waals surface area contributed by atoms with E-state index in [9.17, 15) is 18.0 Å². The molecule has 0 aromatic heterocycles. The number of alkyl halides is 3. The molecule has 0 unspecified atom stereocenters. The summed E-state index contributed by atoms with van der Waals surface area (Å²) in [5.41, 5.74) is 2.14. The van der Waals surface area contributed by atoms with E-state index in [4.69, 9.17) is 9.47 Å². The van der Waals surface area contributed by atoms with E-state index in [1.54, 1.807) is 12.1 Å². The Balaban J connectivity index is 1.72. The maximum absolute atomic E-state index is 13.1. The monoisotopic (exact) mass is 632 g/mol. The van der Waals surface area contributed by atoms with Crippen molar-refractivity contribution in [1.29, 1.82) is 0 Å². The van der Waals surface area contributed by atoms with Gasteiger partial charge in [0.05, 0.1) is 28.0 Å². The molecule has 0 aliphatic carbocycles. The van der Waals surface area contributed by atoms with Crippen LogP contribution < -0.4 is 14.9 Å². The minimum Gasteiger partial charge on any atom is -0.493 e. The van der Waals surface area contributed by atoms with E-state index in [2.05, 4.69) is 49.0 Å². The molecule has 3 aromatic carbocycles. The predicted molar refractivity (Wildman–Crippen MR) is 131 cm³/mol. The van der Waals surface area contributed by atoms with Gasteiger partial charge in [-0.15, -0.1) is 0 Å². The van der Waals surface area contributed by atoms with Crippen molar-refractivity contribution in [2.45, 2.75) is 12.8 Å². The van der Waals surface area contributed by atoms with E-state index in [0.29, 0.717) is 23.7 Å². The highest BCUT2D eigenvalue weighted by Crippen LogP contribution is 2.34. The zero-order chi connectivity index (χ0) is 24.0. The van der Waals surface area contributed by atoms with Crippen molar-refractivity contribution < 1.29 is 27.4 Å². The quantitative estimate of drug-likeness (QED) is 0.186. The van der Waals surface area contributed by atoms with Crippen LogP contribution >= 0.6 is 38.5 Å².